The molecule has 110 valence electrons. The van der Waals surface area contributed by atoms with E-state index in [-0.39, 0.29) is 24.4 Å². The number of amides is 1. The highest BCUT2D eigenvalue weighted by atomic mass is 79.9. The number of carbonyl (C=O) groups excluding carboxylic acids is 1. The Hall–Kier alpha value is -1.86. The highest BCUT2D eigenvalue weighted by Gasteiger charge is 2.07. The Morgan fingerprint density at radius 1 is 1.48 bits per heavy atom. The molecule has 0 saturated heterocycles. The number of benzene rings is 1. The Bertz CT molecular complexity index is 732. The zero-order chi connectivity index (χ0) is 15.4. The fraction of sp³-hybridized carbons (Fsp3) is 0.154. The minimum absolute atomic E-state index is 0.125. The van der Waals surface area contributed by atoms with Crippen LogP contribution in [0.15, 0.2) is 40.0 Å². The van der Waals surface area contributed by atoms with Crippen LogP contribution >= 0.6 is 27.5 Å². The summed E-state index contributed by atoms with van der Waals surface area (Å²) in [4.78, 5) is 27.5. The molecule has 0 radical (unpaired) electrons. The summed E-state index contributed by atoms with van der Waals surface area (Å²) in [5, 5.41) is 3.17. The number of aromatic nitrogens is 2. The van der Waals surface area contributed by atoms with Gasteiger partial charge in [0.1, 0.15) is 4.47 Å². The maximum Gasteiger partial charge on any atom is 0.267 e. The molecule has 3 N–H and O–H groups in total. The van der Waals surface area contributed by atoms with E-state index < -0.39 is 0 Å². The fourth-order valence-corrected chi connectivity index (χ4v) is 2.19. The summed E-state index contributed by atoms with van der Waals surface area (Å²) in [6.45, 7) is 0.227. The summed E-state index contributed by atoms with van der Waals surface area (Å²) < 4.78 is 1.71. The van der Waals surface area contributed by atoms with Crippen LogP contribution in [-0.4, -0.2) is 15.5 Å². The van der Waals surface area contributed by atoms with Crippen molar-refractivity contribution in [1.29, 1.82) is 0 Å². The van der Waals surface area contributed by atoms with Gasteiger partial charge in [-0.3, -0.25) is 14.2 Å². The van der Waals surface area contributed by atoms with E-state index in [9.17, 15) is 9.59 Å². The van der Waals surface area contributed by atoms with E-state index in [4.69, 9.17) is 17.3 Å². The number of aryl methyl sites for hydroxylation is 1. The quantitative estimate of drug-likeness (QED) is 0.807. The zero-order valence-electron chi connectivity index (χ0n) is 10.8. The second kappa shape index (κ2) is 6.73. The average molecular weight is 372 g/mol. The molecule has 0 aliphatic rings. The largest absolute Gasteiger partial charge is 0.397 e. The third-order valence-electron chi connectivity index (χ3n) is 2.73. The molecule has 2 rings (SSSR count). The lowest BCUT2D eigenvalue weighted by atomic mass is 10.2. The van der Waals surface area contributed by atoms with Gasteiger partial charge in [0.15, 0.2) is 0 Å². The SMILES string of the molecule is Nc1cc(Cl)ccc1NC(=O)CCn1cncc(Br)c1=O. The lowest BCUT2D eigenvalue weighted by Crippen LogP contribution is -2.23. The molecule has 0 unspecified atom stereocenters. The Labute approximate surface area is 134 Å². The van der Waals surface area contributed by atoms with E-state index in [0.29, 0.717) is 20.9 Å². The van der Waals surface area contributed by atoms with Crippen LogP contribution in [0.1, 0.15) is 6.42 Å². The third kappa shape index (κ3) is 4.05. The van der Waals surface area contributed by atoms with Crippen LogP contribution in [0.2, 0.25) is 5.02 Å². The van der Waals surface area contributed by atoms with E-state index in [1.165, 1.54) is 17.1 Å². The van der Waals surface area contributed by atoms with Gasteiger partial charge in [-0.25, -0.2) is 4.98 Å². The minimum atomic E-state index is -0.254. The molecular formula is C13H12BrClN4O2. The molecule has 0 fully saturated rings. The summed E-state index contributed by atoms with van der Waals surface area (Å²) in [5.41, 5.74) is 6.39. The van der Waals surface area contributed by atoms with Gasteiger partial charge in [0.25, 0.3) is 5.56 Å². The normalized spacial score (nSPS) is 10.4. The van der Waals surface area contributed by atoms with Gasteiger partial charge in [-0.05, 0) is 34.1 Å². The van der Waals surface area contributed by atoms with Crippen molar-refractivity contribution in [3.05, 3.63) is 50.6 Å². The van der Waals surface area contributed by atoms with Crippen LogP contribution in [0.25, 0.3) is 0 Å². The highest BCUT2D eigenvalue weighted by Crippen LogP contribution is 2.22. The monoisotopic (exact) mass is 370 g/mol. The first-order valence-corrected chi connectivity index (χ1v) is 7.19. The molecule has 1 aromatic heterocycles. The van der Waals surface area contributed by atoms with Crippen molar-refractivity contribution in [3.63, 3.8) is 0 Å². The van der Waals surface area contributed by atoms with Gasteiger partial charge in [0.05, 0.1) is 17.7 Å². The minimum Gasteiger partial charge on any atom is -0.397 e. The van der Waals surface area contributed by atoms with Gasteiger partial charge in [-0.1, -0.05) is 11.6 Å². The van der Waals surface area contributed by atoms with Crippen LogP contribution in [0.5, 0.6) is 0 Å². The molecule has 0 atom stereocenters. The Kier molecular flexibility index (Phi) is 4.98. The van der Waals surface area contributed by atoms with Crippen LogP contribution in [0.4, 0.5) is 11.4 Å². The van der Waals surface area contributed by atoms with Gasteiger partial charge >= 0.3 is 0 Å². The predicted molar refractivity (Wildman–Crippen MR) is 85.3 cm³/mol. The smallest absolute Gasteiger partial charge is 0.267 e. The van der Waals surface area contributed by atoms with E-state index in [1.807, 2.05) is 0 Å². The van der Waals surface area contributed by atoms with Gasteiger partial charge < -0.3 is 11.1 Å². The first-order chi connectivity index (χ1) is 9.97. The molecule has 1 heterocycles. The topological polar surface area (TPSA) is 90.0 Å². The van der Waals surface area contributed by atoms with Gasteiger partial charge in [0, 0.05) is 24.2 Å². The average Bonchev–Trinajstić information content (AvgIpc) is 2.43. The molecule has 1 aromatic carbocycles. The van der Waals surface area contributed by atoms with Gasteiger partial charge in [-0.15, -0.1) is 0 Å². The number of carbonyl (C=O) groups is 1. The first kappa shape index (κ1) is 15.5. The number of nitrogen functional groups attached to an aromatic ring is 1. The molecule has 0 saturated carbocycles. The number of rotatable bonds is 4. The number of nitrogens with two attached hydrogens (primary N) is 1. The number of nitrogens with one attached hydrogen (secondary N) is 1. The molecule has 6 nitrogen and oxygen atoms in total. The fourth-order valence-electron chi connectivity index (χ4n) is 1.67. The van der Waals surface area contributed by atoms with Crippen molar-refractivity contribution >= 4 is 44.8 Å². The van der Waals surface area contributed by atoms with Gasteiger partial charge in [0.2, 0.25) is 5.91 Å². The number of nitrogens with zero attached hydrogens (tertiary/aromatic N) is 2. The molecular weight excluding hydrogens is 360 g/mol. The number of hydrogen-bond acceptors (Lipinski definition) is 4. The summed E-state index contributed by atoms with van der Waals surface area (Å²) in [5.74, 6) is -0.254. The van der Waals surface area contributed by atoms with Crippen molar-refractivity contribution < 1.29 is 4.79 Å². The second-order valence-corrected chi connectivity index (χ2v) is 5.56. The number of anilines is 2. The van der Waals surface area contributed by atoms with Crippen LogP contribution in [0.3, 0.4) is 0 Å². The van der Waals surface area contributed by atoms with E-state index in [1.54, 1.807) is 18.2 Å². The first-order valence-electron chi connectivity index (χ1n) is 6.02. The molecule has 8 heteroatoms. The zero-order valence-corrected chi connectivity index (χ0v) is 13.2. The number of halogens is 2. The van der Waals surface area contributed by atoms with Crippen molar-refractivity contribution in [3.8, 4) is 0 Å². The lowest BCUT2D eigenvalue weighted by Gasteiger charge is -2.09. The van der Waals surface area contributed by atoms with Crippen molar-refractivity contribution in [2.24, 2.45) is 0 Å². The van der Waals surface area contributed by atoms with Crippen LogP contribution < -0.4 is 16.6 Å². The summed E-state index contributed by atoms with van der Waals surface area (Å²) in [6.07, 6.45) is 2.92. The van der Waals surface area contributed by atoms with Crippen LogP contribution in [-0.2, 0) is 11.3 Å². The summed E-state index contributed by atoms with van der Waals surface area (Å²) in [6, 6.07) is 4.82. The Balaban J connectivity index is 1.99. The van der Waals surface area contributed by atoms with Gasteiger partial charge in [-0.2, -0.15) is 0 Å². The van der Waals surface area contributed by atoms with Crippen LogP contribution in [0, 0.1) is 0 Å². The van der Waals surface area contributed by atoms with Crippen molar-refractivity contribution in [2.75, 3.05) is 11.1 Å². The molecule has 0 bridgehead atoms. The van der Waals surface area contributed by atoms with Crippen molar-refractivity contribution in [2.45, 2.75) is 13.0 Å². The standard InChI is InChI=1S/C13H12BrClN4O2/c14-9-6-17-7-19(13(9)21)4-3-12(20)18-11-2-1-8(15)5-10(11)16/h1-2,5-7H,3-4,16H2,(H,18,20). The third-order valence-corrected chi connectivity index (χ3v) is 3.51. The Morgan fingerprint density at radius 3 is 2.95 bits per heavy atom. The molecule has 0 aliphatic heterocycles. The summed E-state index contributed by atoms with van der Waals surface area (Å²) >= 11 is 8.88. The second-order valence-electron chi connectivity index (χ2n) is 4.27. The van der Waals surface area contributed by atoms with Crippen molar-refractivity contribution in [1.82, 2.24) is 9.55 Å². The predicted octanol–water partition coefficient (Wildman–Crippen LogP) is 2.27. The molecule has 21 heavy (non-hydrogen) atoms. The summed E-state index contributed by atoms with van der Waals surface area (Å²) in [7, 11) is 0. The van der Waals surface area contributed by atoms with E-state index in [2.05, 4.69) is 26.2 Å². The molecule has 0 spiro atoms. The maximum atomic E-state index is 11.9. The molecule has 0 aliphatic carbocycles. The maximum absolute atomic E-state index is 11.9. The van der Waals surface area contributed by atoms with E-state index >= 15 is 0 Å². The van der Waals surface area contributed by atoms with E-state index in [0.717, 1.165) is 0 Å². The molecule has 2 aromatic rings. The number of hydrogen-bond donors (Lipinski definition) is 2. The lowest BCUT2D eigenvalue weighted by molar-refractivity contribution is -0.116. The molecule has 1 amide bonds. The Morgan fingerprint density at radius 2 is 2.24 bits per heavy atom. The highest BCUT2D eigenvalue weighted by molar-refractivity contribution is 9.10.